The highest BCUT2D eigenvalue weighted by atomic mass is 16.3. The van der Waals surface area contributed by atoms with Crippen LogP contribution in [0.5, 0.6) is 5.75 Å². The average Bonchev–Trinajstić information content (AvgIpc) is 2.54. The van der Waals surface area contributed by atoms with Gasteiger partial charge in [-0.2, -0.15) is 0 Å². The standard InChI is InChI=1S/C21H25NO/c22-20(18-6-5-16-3-1-2-4-17(16)19(18)23)21-10-13-7-14(11-21)9-15(8-13)12-21/h1-6,13-15,20,23H,7-12,22H2. The van der Waals surface area contributed by atoms with E-state index in [4.69, 9.17) is 5.73 Å². The topological polar surface area (TPSA) is 46.2 Å². The van der Waals surface area contributed by atoms with Crippen LogP contribution in [0.3, 0.4) is 0 Å². The molecule has 0 radical (unpaired) electrons. The molecule has 4 aliphatic carbocycles. The smallest absolute Gasteiger partial charge is 0.128 e. The van der Waals surface area contributed by atoms with Crippen molar-refractivity contribution in [2.24, 2.45) is 28.9 Å². The Balaban J connectivity index is 1.58. The van der Waals surface area contributed by atoms with Gasteiger partial charge >= 0.3 is 0 Å². The first-order chi connectivity index (χ1) is 11.1. The molecule has 0 aliphatic heterocycles. The van der Waals surface area contributed by atoms with E-state index < -0.39 is 0 Å². The van der Waals surface area contributed by atoms with Crippen LogP contribution >= 0.6 is 0 Å². The fourth-order valence-corrected chi connectivity index (χ4v) is 6.41. The lowest BCUT2D eigenvalue weighted by Crippen LogP contribution is -2.50. The summed E-state index contributed by atoms with van der Waals surface area (Å²) in [6.07, 6.45) is 8.09. The van der Waals surface area contributed by atoms with E-state index in [1.54, 1.807) is 0 Å². The molecule has 3 N–H and O–H groups in total. The van der Waals surface area contributed by atoms with Crippen molar-refractivity contribution in [3.63, 3.8) is 0 Å². The number of phenolic OH excluding ortho intramolecular Hbond substituents is 1. The maximum absolute atomic E-state index is 10.8. The third-order valence-electron chi connectivity index (χ3n) is 7.01. The summed E-state index contributed by atoms with van der Waals surface area (Å²) in [5, 5.41) is 12.9. The molecule has 2 aromatic carbocycles. The Labute approximate surface area is 137 Å². The first-order valence-corrected chi connectivity index (χ1v) is 9.11. The highest BCUT2D eigenvalue weighted by molar-refractivity contribution is 5.89. The van der Waals surface area contributed by atoms with Crippen LogP contribution in [0, 0.1) is 23.2 Å². The van der Waals surface area contributed by atoms with Crippen molar-refractivity contribution in [2.75, 3.05) is 0 Å². The Hall–Kier alpha value is -1.54. The molecule has 23 heavy (non-hydrogen) atoms. The summed E-state index contributed by atoms with van der Waals surface area (Å²) in [7, 11) is 0. The highest BCUT2D eigenvalue weighted by Gasteiger charge is 2.53. The molecule has 6 rings (SSSR count). The Morgan fingerprint density at radius 3 is 2.17 bits per heavy atom. The molecule has 0 heterocycles. The summed E-state index contributed by atoms with van der Waals surface area (Å²) in [5.41, 5.74) is 8.02. The summed E-state index contributed by atoms with van der Waals surface area (Å²) in [6.45, 7) is 0. The Morgan fingerprint density at radius 1 is 0.913 bits per heavy atom. The summed E-state index contributed by atoms with van der Waals surface area (Å²) in [6, 6.07) is 12.2. The Bertz CT molecular complexity index is 730. The summed E-state index contributed by atoms with van der Waals surface area (Å²) >= 11 is 0. The second kappa shape index (κ2) is 4.73. The van der Waals surface area contributed by atoms with Crippen molar-refractivity contribution in [1.82, 2.24) is 0 Å². The molecule has 4 aliphatic rings. The van der Waals surface area contributed by atoms with Gasteiger partial charge in [0.05, 0.1) is 0 Å². The highest BCUT2D eigenvalue weighted by Crippen LogP contribution is 2.64. The first kappa shape index (κ1) is 13.9. The van der Waals surface area contributed by atoms with Gasteiger partial charge in [0.25, 0.3) is 0 Å². The van der Waals surface area contributed by atoms with Crippen molar-refractivity contribution in [1.29, 1.82) is 0 Å². The summed E-state index contributed by atoms with van der Waals surface area (Å²) < 4.78 is 0. The van der Waals surface area contributed by atoms with Crippen LogP contribution in [0.15, 0.2) is 36.4 Å². The van der Waals surface area contributed by atoms with Crippen LogP contribution in [-0.2, 0) is 0 Å². The first-order valence-electron chi connectivity index (χ1n) is 9.11. The van der Waals surface area contributed by atoms with E-state index in [0.717, 1.165) is 34.1 Å². The third kappa shape index (κ3) is 1.97. The molecule has 0 saturated heterocycles. The zero-order chi connectivity index (χ0) is 15.6. The van der Waals surface area contributed by atoms with Crippen molar-refractivity contribution >= 4 is 10.8 Å². The van der Waals surface area contributed by atoms with E-state index in [2.05, 4.69) is 18.2 Å². The summed E-state index contributed by atoms with van der Waals surface area (Å²) in [5.74, 6) is 3.06. The maximum atomic E-state index is 10.8. The van der Waals surface area contributed by atoms with Gasteiger partial charge in [-0.3, -0.25) is 0 Å². The van der Waals surface area contributed by atoms with E-state index in [0.29, 0.717) is 5.75 Å². The van der Waals surface area contributed by atoms with E-state index in [1.807, 2.05) is 18.2 Å². The van der Waals surface area contributed by atoms with Crippen LogP contribution < -0.4 is 5.73 Å². The van der Waals surface area contributed by atoms with Gasteiger partial charge in [-0.1, -0.05) is 36.4 Å². The molecule has 2 aromatic rings. The molecule has 2 heteroatoms. The quantitative estimate of drug-likeness (QED) is 0.840. The molecular weight excluding hydrogens is 282 g/mol. The zero-order valence-electron chi connectivity index (χ0n) is 13.5. The van der Waals surface area contributed by atoms with E-state index in [-0.39, 0.29) is 11.5 Å². The second-order valence-electron chi connectivity index (χ2n) is 8.48. The molecule has 2 nitrogen and oxygen atoms in total. The van der Waals surface area contributed by atoms with Crippen molar-refractivity contribution < 1.29 is 5.11 Å². The lowest BCUT2D eigenvalue weighted by Gasteiger charge is -2.59. The lowest BCUT2D eigenvalue weighted by atomic mass is 9.47. The lowest BCUT2D eigenvalue weighted by molar-refractivity contribution is -0.0680. The molecule has 4 saturated carbocycles. The maximum Gasteiger partial charge on any atom is 0.128 e. The van der Waals surface area contributed by atoms with Crippen LogP contribution in [-0.4, -0.2) is 5.11 Å². The Kier molecular flexibility index (Phi) is 2.85. The number of hydrogen-bond acceptors (Lipinski definition) is 2. The zero-order valence-corrected chi connectivity index (χ0v) is 13.5. The minimum atomic E-state index is -0.0273. The minimum Gasteiger partial charge on any atom is -0.507 e. The summed E-state index contributed by atoms with van der Waals surface area (Å²) in [4.78, 5) is 0. The molecule has 0 amide bonds. The third-order valence-corrected chi connectivity index (χ3v) is 7.01. The van der Waals surface area contributed by atoms with Crippen molar-refractivity contribution in [3.8, 4) is 5.75 Å². The predicted molar refractivity (Wildman–Crippen MR) is 93.1 cm³/mol. The van der Waals surface area contributed by atoms with Crippen LogP contribution in [0.1, 0.15) is 50.1 Å². The molecule has 4 bridgehead atoms. The minimum absolute atomic E-state index is 0.0273. The van der Waals surface area contributed by atoms with Gasteiger partial charge in [-0.25, -0.2) is 0 Å². The fourth-order valence-electron chi connectivity index (χ4n) is 6.41. The number of fused-ring (bicyclic) bond motifs is 1. The molecule has 120 valence electrons. The van der Waals surface area contributed by atoms with Crippen molar-refractivity contribution in [2.45, 2.75) is 44.6 Å². The van der Waals surface area contributed by atoms with Gasteiger partial charge < -0.3 is 10.8 Å². The number of phenols is 1. The number of nitrogens with two attached hydrogens (primary N) is 1. The van der Waals surface area contributed by atoms with Crippen LogP contribution in [0.25, 0.3) is 10.8 Å². The van der Waals surface area contributed by atoms with Gasteiger partial charge in [-0.15, -0.1) is 0 Å². The fraction of sp³-hybridized carbons (Fsp3) is 0.524. The molecular formula is C21H25NO. The van der Waals surface area contributed by atoms with Crippen LogP contribution in [0.2, 0.25) is 0 Å². The number of rotatable bonds is 2. The number of hydrogen-bond donors (Lipinski definition) is 2. The van der Waals surface area contributed by atoms with Crippen LogP contribution in [0.4, 0.5) is 0 Å². The average molecular weight is 307 g/mol. The largest absolute Gasteiger partial charge is 0.507 e. The van der Waals surface area contributed by atoms with Crippen molar-refractivity contribution in [3.05, 3.63) is 42.0 Å². The molecule has 4 fully saturated rings. The van der Waals surface area contributed by atoms with Gasteiger partial charge in [0, 0.05) is 17.0 Å². The number of benzene rings is 2. The Morgan fingerprint density at radius 2 is 1.52 bits per heavy atom. The molecule has 1 unspecified atom stereocenters. The van der Waals surface area contributed by atoms with E-state index >= 15 is 0 Å². The molecule has 0 spiro atoms. The van der Waals surface area contributed by atoms with Gasteiger partial charge in [0.1, 0.15) is 5.75 Å². The van der Waals surface area contributed by atoms with Gasteiger partial charge in [0.2, 0.25) is 0 Å². The monoisotopic (exact) mass is 307 g/mol. The van der Waals surface area contributed by atoms with Gasteiger partial charge in [0.15, 0.2) is 0 Å². The predicted octanol–water partition coefficient (Wildman–Crippen LogP) is 4.76. The normalized spacial score (nSPS) is 36.5. The van der Waals surface area contributed by atoms with Gasteiger partial charge in [-0.05, 0) is 67.1 Å². The van der Waals surface area contributed by atoms with E-state index in [1.165, 1.54) is 38.5 Å². The van der Waals surface area contributed by atoms with E-state index in [9.17, 15) is 5.11 Å². The second-order valence-corrected chi connectivity index (χ2v) is 8.48. The number of aromatic hydroxyl groups is 1. The molecule has 1 atom stereocenters. The molecule has 0 aromatic heterocycles. The SMILES string of the molecule is NC(c1ccc2ccccc2c1O)C12CC3CC(CC(C3)C1)C2.